The average molecular weight is 274 g/mol. The Labute approximate surface area is 118 Å². The lowest BCUT2D eigenvalue weighted by molar-refractivity contribution is -0.112. The van der Waals surface area contributed by atoms with Gasteiger partial charge in [0.15, 0.2) is 0 Å². The Hall–Kier alpha value is -2.52. The van der Waals surface area contributed by atoms with Gasteiger partial charge >= 0.3 is 0 Å². The summed E-state index contributed by atoms with van der Waals surface area (Å²) in [4.78, 5) is 13.7. The molecular weight excluding hydrogens is 256 g/mol. The highest BCUT2D eigenvalue weighted by molar-refractivity contribution is 6.06. The summed E-state index contributed by atoms with van der Waals surface area (Å²) >= 11 is 0. The molecule has 0 atom stereocenters. The maximum atomic E-state index is 12.0. The second-order valence-electron chi connectivity index (χ2n) is 4.08. The number of aliphatic hydroxyl groups is 1. The first-order valence-corrected chi connectivity index (χ1v) is 6.24. The molecule has 6 heteroatoms. The monoisotopic (exact) mass is 274 g/mol. The molecule has 20 heavy (non-hydrogen) atoms. The van der Waals surface area contributed by atoms with E-state index in [1.54, 1.807) is 29.2 Å². The number of hydrogen-bond donors (Lipinski definition) is 3. The van der Waals surface area contributed by atoms with Crippen LogP contribution in [0.3, 0.4) is 0 Å². The van der Waals surface area contributed by atoms with Crippen LogP contribution in [0.15, 0.2) is 36.0 Å². The van der Waals surface area contributed by atoms with Crippen molar-refractivity contribution >= 4 is 17.3 Å². The number of hydrogen-bond acceptors (Lipinski definition) is 5. The van der Waals surface area contributed by atoms with Gasteiger partial charge < -0.3 is 21.1 Å². The molecule has 0 aliphatic heterocycles. The zero-order valence-electron chi connectivity index (χ0n) is 11.3. The molecule has 1 amide bonds. The number of nitriles is 1. The van der Waals surface area contributed by atoms with Crippen molar-refractivity contribution in [3.8, 4) is 6.07 Å². The third-order valence-corrected chi connectivity index (χ3v) is 2.64. The van der Waals surface area contributed by atoms with Crippen LogP contribution in [-0.2, 0) is 4.79 Å². The first kappa shape index (κ1) is 15.5. The molecular formula is C14H18N4O2. The van der Waals surface area contributed by atoms with Crippen molar-refractivity contribution in [2.45, 2.75) is 6.92 Å². The van der Waals surface area contributed by atoms with Crippen molar-refractivity contribution in [2.24, 2.45) is 0 Å². The number of amides is 1. The Morgan fingerprint density at radius 3 is 2.65 bits per heavy atom. The summed E-state index contributed by atoms with van der Waals surface area (Å²) in [6.45, 7) is 2.80. The van der Waals surface area contributed by atoms with E-state index in [9.17, 15) is 4.79 Å². The number of carbonyl (C=O) groups excluding carboxylic acids is 1. The van der Waals surface area contributed by atoms with Gasteiger partial charge in [-0.2, -0.15) is 5.26 Å². The fourth-order valence-electron chi connectivity index (χ4n) is 1.53. The topological polar surface area (TPSA) is 102 Å². The van der Waals surface area contributed by atoms with Crippen LogP contribution in [0.25, 0.3) is 0 Å². The van der Waals surface area contributed by atoms with Gasteiger partial charge in [0.05, 0.1) is 6.61 Å². The number of carbonyl (C=O) groups is 1. The average Bonchev–Trinajstić information content (AvgIpc) is 2.45. The van der Waals surface area contributed by atoms with Crippen LogP contribution in [0.5, 0.6) is 0 Å². The van der Waals surface area contributed by atoms with E-state index in [0.29, 0.717) is 24.5 Å². The highest BCUT2D eigenvalue weighted by Crippen LogP contribution is 2.11. The lowest BCUT2D eigenvalue weighted by Gasteiger charge is -2.17. The number of benzene rings is 1. The molecule has 0 heterocycles. The van der Waals surface area contributed by atoms with Crippen LogP contribution < -0.4 is 11.1 Å². The van der Waals surface area contributed by atoms with Gasteiger partial charge in [0.25, 0.3) is 5.91 Å². The van der Waals surface area contributed by atoms with Crippen molar-refractivity contribution in [2.75, 3.05) is 30.7 Å². The van der Waals surface area contributed by atoms with Crippen LogP contribution in [0.4, 0.5) is 11.4 Å². The molecule has 0 radical (unpaired) electrons. The minimum atomic E-state index is -0.492. The Morgan fingerprint density at radius 2 is 2.15 bits per heavy atom. The number of likely N-dealkylation sites (N-methyl/N-ethyl adjacent to an activating group) is 1. The fraction of sp³-hybridized carbons (Fsp3) is 0.286. The molecule has 0 spiro atoms. The van der Waals surface area contributed by atoms with E-state index >= 15 is 0 Å². The third-order valence-electron chi connectivity index (χ3n) is 2.64. The molecule has 1 rings (SSSR count). The van der Waals surface area contributed by atoms with Gasteiger partial charge in [0, 0.05) is 30.7 Å². The molecule has 1 aromatic carbocycles. The van der Waals surface area contributed by atoms with Crippen LogP contribution >= 0.6 is 0 Å². The van der Waals surface area contributed by atoms with Gasteiger partial charge in [-0.15, -0.1) is 0 Å². The Balaban J connectivity index is 2.79. The summed E-state index contributed by atoms with van der Waals surface area (Å²) in [5, 5.41) is 20.5. The number of nitrogens with zero attached hydrogens (tertiary/aromatic N) is 2. The molecule has 0 saturated heterocycles. The minimum absolute atomic E-state index is 0.0166. The van der Waals surface area contributed by atoms with Crippen molar-refractivity contribution in [3.63, 3.8) is 0 Å². The van der Waals surface area contributed by atoms with Crippen LogP contribution in [0.1, 0.15) is 6.92 Å². The number of anilines is 2. The molecule has 106 valence electrons. The highest BCUT2D eigenvalue weighted by Gasteiger charge is 2.11. The van der Waals surface area contributed by atoms with E-state index in [-0.39, 0.29) is 12.2 Å². The SMILES string of the molecule is CCN(/C=C(/C#N)C(=O)Nc1ccc(N)cc1)CCO. The summed E-state index contributed by atoms with van der Waals surface area (Å²) in [6, 6.07) is 8.50. The van der Waals surface area contributed by atoms with E-state index in [1.807, 2.05) is 13.0 Å². The molecule has 6 nitrogen and oxygen atoms in total. The van der Waals surface area contributed by atoms with Crippen LogP contribution in [-0.4, -0.2) is 35.6 Å². The van der Waals surface area contributed by atoms with Gasteiger partial charge in [-0.05, 0) is 31.2 Å². The molecule has 0 aliphatic rings. The predicted molar refractivity (Wildman–Crippen MR) is 77.5 cm³/mol. The second-order valence-corrected chi connectivity index (χ2v) is 4.08. The van der Waals surface area contributed by atoms with Gasteiger partial charge in [0.1, 0.15) is 11.6 Å². The summed E-state index contributed by atoms with van der Waals surface area (Å²) in [7, 11) is 0. The van der Waals surface area contributed by atoms with Crippen LogP contribution in [0, 0.1) is 11.3 Å². The number of rotatable bonds is 6. The zero-order chi connectivity index (χ0) is 15.0. The van der Waals surface area contributed by atoms with Crippen molar-refractivity contribution < 1.29 is 9.90 Å². The predicted octanol–water partition coefficient (Wildman–Crippen LogP) is 0.929. The Kier molecular flexibility index (Phi) is 6.07. The maximum Gasteiger partial charge on any atom is 0.267 e. The normalized spacial score (nSPS) is 10.8. The van der Waals surface area contributed by atoms with Crippen LogP contribution in [0.2, 0.25) is 0 Å². The molecule has 1 aromatic rings. The smallest absolute Gasteiger partial charge is 0.267 e. The first-order valence-electron chi connectivity index (χ1n) is 6.24. The summed E-state index contributed by atoms with van der Waals surface area (Å²) in [5.41, 5.74) is 6.70. The molecule has 0 bridgehead atoms. The Bertz CT molecular complexity index is 517. The summed E-state index contributed by atoms with van der Waals surface area (Å²) in [5.74, 6) is -0.492. The van der Waals surface area contributed by atoms with Gasteiger partial charge in [-0.25, -0.2) is 0 Å². The van der Waals surface area contributed by atoms with E-state index in [1.165, 1.54) is 6.20 Å². The second kappa shape index (κ2) is 7.81. The van der Waals surface area contributed by atoms with Gasteiger partial charge in [0.2, 0.25) is 0 Å². The van der Waals surface area contributed by atoms with E-state index < -0.39 is 5.91 Å². The zero-order valence-corrected chi connectivity index (χ0v) is 11.3. The lowest BCUT2D eigenvalue weighted by Crippen LogP contribution is -2.23. The highest BCUT2D eigenvalue weighted by atomic mass is 16.3. The fourth-order valence-corrected chi connectivity index (χ4v) is 1.53. The standard InChI is InChI=1S/C14H18N4O2/c1-2-18(7-8-19)10-11(9-15)14(20)17-13-5-3-12(16)4-6-13/h3-6,10,19H,2,7-8,16H2,1H3,(H,17,20)/b11-10-. The number of nitrogen functional groups attached to an aromatic ring is 1. The molecule has 4 N–H and O–H groups in total. The quantitative estimate of drug-likeness (QED) is 0.407. The number of aliphatic hydroxyl groups excluding tert-OH is 1. The summed E-state index contributed by atoms with van der Waals surface area (Å²) < 4.78 is 0. The third kappa shape index (κ3) is 4.63. The molecule has 0 aromatic heterocycles. The van der Waals surface area contributed by atoms with Gasteiger partial charge in [-0.1, -0.05) is 0 Å². The molecule has 0 fully saturated rings. The minimum Gasteiger partial charge on any atom is -0.399 e. The number of nitrogens with one attached hydrogen (secondary N) is 1. The van der Waals surface area contributed by atoms with E-state index in [4.69, 9.17) is 16.1 Å². The van der Waals surface area contributed by atoms with Gasteiger partial charge in [-0.3, -0.25) is 4.79 Å². The first-order chi connectivity index (χ1) is 9.60. The van der Waals surface area contributed by atoms with E-state index in [0.717, 1.165) is 0 Å². The molecule has 0 aliphatic carbocycles. The molecule has 0 saturated carbocycles. The van der Waals surface area contributed by atoms with Crippen molar-refractivity contribution in [3.05, 3.63) is 36.0 Å². The summed E-state index contributed by atoms with van der Waals surface area (Å²) in [6.07, 6.45) is 1.45. The largest absolute Gasteiger partial charge is 0.399 e. The lowest BCUT2D eigenvalue weighted by atomic mass is 10.2. The Morgan fingerprint density at radius 1 is 1.50 bits per heavy atom. The van der Waals surface area contributed by atoms with Crippen molar-refractivity contribution in [1.82, 2.24) is 4.90 Å². The number of nitrogens with two attached hydrogens (primary N) is 1. The maximum absolute atomic E-state index is 12.0. The molecule has 0 unspecified atom stereocenters. The van der Waals surface area contributed by atoms with Crippen molar-refractivity contribution in [1.29, 1.82) is 5.26 Å². The van der Waals surface area contributed by atoms with E-state index in [2.05, 4.69) is 5.32 Å².